The van der Waals surface area contributed by atoms with Crippen LogP contribution in [0.1, 0.15) is 17.7 Å². The van der Waals surface area contributed by atoms with Gasteiger partial charge in [0.1, 0.15) is 0 Å². The van der Waals surface area contributed by atoms with Crippen LogP contribution in [-0.4, -0.2) is 44.4 Å². The molecule has 1 saturated heterocycles. The Labute approximate surface area is 118 Å². The minimum Gasteiger partial charge on any atom is -0.319 e. The average Bonchev–Trinajstić information content (AvgIpc) is 2.90. The lowest BCUT2D eigenvalue weighted by molar-refractivity contribution is 0.261. The molecule has 2 N–H and O–H groups in total. The smallest absolute Gasteiger partial charge is 0.279 e. The van der Waals surface area contributed by atoms with E-state index in [1.807, 2.05) is 7.05 Å². The number of aromatic nitrogens is 1. The zero-order valence-electron chi connectivity index (χ0n) is 11.0. The molecule has 6 nitrogen and oxygen atoms in total. The van der Waals surface area contributed by atoms with Crippen LogP contribution in [0.4, 0.5) is 0 Å². The summed E-state index contributed by atoms with van der Waals surface area (Å²) in [5.74, 6) is 0.402. The highest BCUT2D eigenvalue weighted by atomic mass is 32.2. The average molecular weight is 304 g/mol. The highest BCUT2D eigenvalue weighted by Crippen LogP contribution is 2.18. The van der Waals surface area contributed by atoms with E-state index in [0.717, 1.165) is 24.3 Å². The molecule has 2 heterocycles. The van der Waals surface area contributed by atoms with Gasteiger partial charge in [-0.2, -0.15) is 17.4 Å². The van der Waals surface area contributed by atoms with Gasteiger partial charge in [0, 0.05) is 30.7 Å². The van der Waals surface area contributed by atoms with E-state index in [-0.39, 0.29) is 0 Å². The van der Waals surface area contributed by atoms with Gasteiger partial charge < -0.3 is 5.32 Å². The largest absolute Gasteiger partial charge is 0.319 e. The summed E-state index contributed by atoms with van der Waals surface area (Å²) in [6.07, 6.45) is 3.70. The molecular formula is C11H20N4O2S2. The molecule has 1 fully saturated rings. The third-order valence-corrected chi connectivity index (χ3v) is 5.53. The van der Waals surface area contributed by atoms with Crippen LogP contribution in [0, 0.1) is 5.92 Å². The molecule has 1 aromatic heterocycles. The lowest BCUT2D eigenvalue weighted by Crippen LogP contribution is -2.47. The zero-order valence-corrected chi connectivity index (χ0v) is 12.6. The fraction of sp³-hybridized carbons (Fsp3) is 0.727. The Morgan fingerprint density at radius 1 is 1.58 bits per heavy atom. The van der Waals surface area contributed by atoms with Gasteiger partial charge in [0.15, 0.2) is 0 Å². The molecule has 19 heavy (non-hydrogen) atoms. The van der Waals surface area contributed by atoms with Gasteiger partial charge in [0.25, 0.3) is 10.2 Å². The predicted molar refractivity (Wildman–Crippen MR) is 76.1 cm³/mol. The van der Waals surface area contributed by atoms with Crippen LogP contribution < -0.4 is 10.0 Å². The summed E-state index contributed by atoms with van der Waals surface area (Å²) < 4.78 is 28.6. The van der Waals surface area contributed by atoms with Crippen molar-refractivity contribution in [3.05, 3.63) is 16.6 Å². The van der Waals surface area contributed by atoms with E-state index in [0.29, 0.717) is 25.6 Å². The van der Waals surface area contributed by atoms with Crippen molar-refractivity contribution < 1.29 is 8.42 Å². The van der Waals surface area contributed by atoms with E-state index in [2.05, 4.69) is 15.0 Å². The van der Waals surface area contributed by atoms with Gasteiger partial charge in [-0.1, -0.05) is 0 Å². The normalized spacial score (nSPS) is 21.6. The van der Waals surface area contributed by atoms with Crippen molar-refractivity contribution in [2.45, 2.75) is 19.4 Å². The van der Waals surface area contributed by atoms with Crippen molar-refractivity contribution in [1.29, 1.82) is 0 Å². The Balaban J connectivity index is 1.91. The van der Waals surface area contributed by atoms with Gasteiger partial charge in [0.05, 0.1) is 5.51 Å². The van der Waals surface area contributed by atoms with E-state index in [1.54, 1.807) is 16.0 Å². The first kappa shape index (κ1) is 14.9. The summed E-state index contributed by atoms with van der Waals surface area (Å²) in [5.41, 5.74) is 1.70. The number of piperidine rings is 1. The number of hydrogen-bond acceptors (Lipinski definition) is 5. The maximum absolute atomic E-state index is 12.2. The first-order chi connectivity index (χ1) is 9.12. The monoisotopic (exact) mass is 304 g/mol. The summed E-state index contributed by atoms with van der Waals surface area (Å²) in [4.78, 5) is 4.86. The van der Waals surface area contributed by atoms with E-state index in [1.165, 1.54) is 11.3 Å². The molecule has 0 radical (unpaired) electrons. The third-order valence-electron chi connectivity index (χ3n) is 3.23. The molecule has 0 bridgehead atoms. The van der Waals surface area contributed by atoms with Crippen LogP contribution in [0.5, 0.6) is 0 Å². The SMILES string of the molecule is CNCC1CCCN(S(=O)(=O)NCc2cncs2)C1. The van der Waals surface area contributed by atoms with Crippen molar-refractivity contribution in [2.75, 3.05) is 26.7 Å². The third kappa shape index (κ3) is 4.22. The maximum Gasteiger partial charge on any atom is 0.279 e. The highest BCUT2D eigenvalue weighted by Gasteiger charge is 2.28. The van der Waals surface area contributed by atoms with Crippen LogP contribution in [0.25, 0.3) is 0 Å². The minimum atomic E-state index is -3.38. The predicted octanol–water partition coefficient (Wildman–Crippen LogP) is 0.409. The fourth-order valence-corrected chi connectivity index (χ4v) is 4.21. The minimum absolute atomic E-state index is 0.320. The van der Waals surface area contributed by atoms with Crippen molar-refractivity contribution >= 4 is 21.5 Å². The summed E-state index contributed by atoms with van der Waals surface area (Å²) >= 11 is 1.45. The molecule has 1 aromatic rings. The highest BCUT2D eigenvalue weighted by molar-refractivity contribution is 7.87. The molecule has 1 atom stereocenters. The quantitative estimate of drug-likeness (QED) is 0.798. The van der Waals surface area contributed by atoms with Crippen LogP contribution >= 0.6 is 11.3 Å². The molecule has 2 rings (SSSR count). The van der Waals surface area contributed by atoms with E-state index in [9.17, 15) is 8.42 Å². The molecule has 0 aliphatic carbocycles. The second kappa shape index (κ2) is 6.76. The van der Waals surface area contributed by atoms with Gasteiger partial charge in [-0.15, -0.1) is 11.3 Å². The Morgan fingerprint density at radius 3 is 3.11 bits per heavy atom. The van der Waals surface area contributed by atoms with Gasteiger partial charge in [0.2, 0.25) is 0 Å². The lowest BCUT2D eigenvalue weighted by Gasteiger charge is -2.31. The topological polar surface area (TPSA) is 74.3 Å². The van der Waals surface area contributed by atoms with Crippen LogP contribution in [0.15, 0.2) is 11.7 Å². The van der Waals surface area contributed by atoms with Crippen molar-refractivity contribution in [3.63, 3.8) is 0 Å². The fourth-order valence-electron chi connectivity index (χ4n) is 2.28. The van der Waals surface area contributed by atoms with Gasteiger partial charge >= 0.3 is 0 Å². The van der Waals surface area contributed by atoms with Crippen LogP contribution in [0.2, 0.25) is 0 Å². The molecule has 0 aromatic carbocycles. The standard InChI is InChI=1S/C11H20N4O2S2/c1-12-5-10-3-2-4-15(8-10)19(16,17)14-7-11-6-13-9-18-11/h6,9-10,12,14H,2-5,7-8H2,1H3. The molecule has 0 saturated carbocycles. The number of hydrogen-bond donors (Lipinski definition) is 2. The Bertz CT molecular complexity index is 473. The number of nitrogens with one attached hydrogen (secondary N) is 2. The summed E-state index contributed by atoms with van der Waals surface area (Å²) in [5, 5.41) is 3.12. The van der Waals surface area contributed by atoms with E-state index in [4.69, 9.17) is 0 Å². The molecular weight excluding hydrogens is 284 g/mol. The van der Waals surface area contributed by atoms with Crippen LogP contribution in [-0.2, 0) is 16.8 Å². The van der Waals surface area contributed by atoms with Gasteiger partial charge in [-0.05, 0) is 32.4 Å². The Kier molecular flexibility index (Phi) is 5.28. The lowest BCUT2D eigenvalue weighted by atomic mass is 10.00. The first-order valence-corrected chi connectivity index (χ1v) is 8.70. The second-order valence-electron chi connectivity index (χ2n) is 4.72. The van der Waals surface area contributed by atoms with Crippen molar-refractivity contribution in [1.82, 2.24) is 19.3 Å². The number of thiazole rings is 1. The van der Waals surface area contributed by atoms with Gasteiger partial charge in [-0.25, -0.2) is 0 Å². The molecule has 1 aliphatic heterocycles. The molecule has 108 valence electrons. The summed E-state index contributed by atoms with van der Waals surface area (Å²) in [6, 6.07) is 0. The van der Waals surface area contributed by atoms with Crippen LogP contribution in [0.3, 0.4) is 0 Å². The molecule has 8 heteroatoms. The maximum atomic E-state index is 12.2. The molecule has 0 spiro atoms. The van der Waals surface area contributed by atoms with Crippen molar-refractivity contribution in [2.24, 2.45) is 5.92 Å². The first-order valence-electron chi connectivity index (χ1n) is 6.38. The molecule has 0 amide bonds. The summed E-state index contributed by atoms with van der Waals surface area (Å²) in [6.45, 7) is 2.39. The van der Waals surface area contributed by atoms with Crippen molar-refractivity contribution in [3.8, 4) is 0 Å². The molecule has 1 unspecified atom stereocenters. The molecule has 1 aliphatic rings. The second-order valence-corrected chi connectivity index (χ2v) is 7.44. The Morgan fingerprint density at radius 2 is 2.42 bits per heavy atom. The van der Waals surface area contributed by atoms with E-state index >= 15 is 0 Å². The zero-order chi connectivity index (χ0) is 13.7. The summed E-state index contributed by atoms with van der Waals surface area (Å²) in [7, 11) is -1.48. The Hall–Kier alpha value is -0.540. The number of rotatable bonds is 6. The van der Waals surface area contributed by atoms with Gasteiger partial charge in [-0.3, -0.25) is 4.98 Å². The van der Waals surface area contributed by atoms with E-state index < -0.39 is 10.2 Å². The number of nitrogens with zero attached hydrogens (tertiary/aromatic N) is 2.